The van der Waals surface area contributed by atoms with Crippen LogP contribution >= 0.6 is 0 Å². The molecule has 0 saturated carbocycles. The van der Waals surface area contributed by atoms with E-state index in [0.29, 0.717) is 13.2 Å². The summed E-state index contributed by atoms with van der Waals surface area (Å²) < 4.78 is 8.04. The summed E-state index contributed by atoms with van der Waals surface area (Å²) in [5.74, 6) is -3.65. The van der Waals surface area contributed by atoms with Crippen LogP contribution in [0.2, 0.25) is 0 Å². The highest BCUT2D eigenvalue weighted by molar-refractivity contribution is 6.27. The van der Waals surface area contributed by atoms with Crippen LogP contribution in [0.5, 0.6) is 0 Å². The molecule has 0 fully saturated rings. The molecule has 0 spiro atoms. The Morgan fingerprint density at radius 3 is 2.73 bits per heavy atom. The Morgan fingerprint density at radius 2 is 2.03 bits per heavy atom. The molecular weight excluding hydrogens is 390 g/mol. The Hall–Kier alpha value is -2.75. The number of hydrogen-bond acceptors (Lipinski definition) is 6. The van der Waals surface area contributed by atoms with E-state index in [0.717, 1.165) is 38.8 Å². The number of aryl methyl sites for hydroxylation is 2. The molecule has 1 aliphatic rings. The van der Waals surface area contributed by atoms with Crippen LogP contribution in [0.1, 0.15) is 36.5 Å². The highest BCUT2D eigenvalue weighted by atomic mass is 16.5. The summed E-state index contributed by atoms with van der Waals surface area (Å²) >= 11 is 0. The highest BCUT2D eigenvalue weighted by Crippen LogP contribution is 2.32. The molecule has 1 heterocycles. The average molecular weight is 419 g/mol. The lowest BCUT2D eigenvalue weighted by atomic mass is 9.89. The number of hydrogen-bond donors (Lipinski definition) is 4. The monoisotopic (exact) mass is 419 g/mol. The lowest BCUT2D eigenvalue weighted by molar-refractivity contribution is -0.159. The first-order valence-corrected chi connectivity index (χ1v) is 9.97. The van der Waals surface area contributed by atoms with Crippen molar-refractivity contribution >= 4 is 11.9 Å². The lowest BCUT2D eigenvalue weighted by Gasteiger charge is -2.26. The Balaban J connectivity index is 0.000000469. The topological polar surface area (TPSA) is 134 Å². The molecule has 0 amide bonds. The van der Waals surface area contributed by atoms with Crippen molar-refractivity contribution in [2.45, 2.75) is 44.4 Å². The minimum atomic E-state index is -1.82. The van der Waals surface area contributed by atoms with Gasteiger partial charge in [-0.15, -0.1) is 0 Å². The van der Waals surface area contributed by atoms with Gasteiger partial charge in [0, 0.05) is 25.5 Å². The maximum Gasteiger partial charge on any atom is 0.414 e. The van der Waals surface area contributed by atoms with Crippen molar-refractivity contribution in [3.8, 4) is 0 Å². The maximum absolute atomic E-state index is 10.1. The Morgan fingerprint density at radius 1 is 1.27 bits per heavy atom. The van der Waals surface area contributed by atoms with Gasteiger partial charge in [0.05, 0.1) is 25.1 Å². The van der Waals surface area contributed by atoms with E-state index in [1.807, 2.05) is 12.5 Å². The van der Waals surface area contributed by atoms with E-state index < -0.39 is 18.0 Å². The number of fused-ring (bicyclic) bond motifs is 1. The van der Waals surface area contributed by atoms with E-state index in [1.165, 1.54) is 11.1 Å². The zero-order valence-electron chi connectivity index (χ0n) is 16.8. The van der Waals surface area contributed by atoms with Gasteiger partial charge in [0.2, 0.25) is 0 Å². The molecule has 3 rings (SSSR count). The third-order valence-electron chi connectivity index (χ3n) is 4.70. The van der Waals surface area contributed by atoms with Gasteiger partial charge in [0.25, 0.3) is 0 Å². The minimum Gasteiger partial charge on any atom is -0.473 e. The predicted octanol–water partition coefficient (Wildman–Crippen LogP) is 1.47. The fourth-order valence-corrected chi connectivity index (χ4v) is 3.24. The lowest BCUT2D eigenvalue weighted by Crippen LogP contribution is -2.32. The number of ether oxygens (including phenoxy) is 1. The average Bonchev–Trinajstić information content (AvgIpc) is 3.26. The van der Waals surface area contributed by atoms with E-state index in [2.05, 4.69) is 39.1 Å². The van der Waals surface area contributed by atoms with Gasteiger partial charge in [-0.3, -0.25) is 0 Å². The Kier molecular flexibility index (Phi) is 9.99. The van der Waals surface area contributed by atoms with Crippen LogP contribution < -0.4 is 5.32 Å². The van der Waals surface area contributed by atoms with E-state index in [9.17, 15) is 5.11 Å². The smallest absolute Gasteiger partial charge is 0.414 e. The number of aliphatic carboxylic acids is 2. The van der Waals surface area contributed by atoms with Gasteiger partial charge in [-0.2, -0.15) is 0 Å². The van der Waals surface area contributed by atoms with Crippen LogP contribution in [0.3, 0.4) is 0 Å². The molecule has 9 heteroatoms. The zero-order chi connectivity index (χ0) is 21.8. The van der Waals surface area contributed by atoms with Crippen LogP contribution in [-0.2, 0) is 27.3 Å². The molecule has 9 nitrogen and oxygen atoms in total. The largest absolute Gasteiger partial charge is 0.473 e. The summed E-state index contributed by atoms with van der Waals surface area (Å²) in [6.07, 6.45) is 9.59. The van der Waals surface area contributed by atoms with Gasteiger partial charge >= 0.3 is 11.9 Å². The number of aliphatic hydroxyl groups excluding tert-OH is 1. The van der Waals surface area contributed by atoms with Gasteiger partial charge in [0.15, 0.2) is 0 Å². The molecule has 0 aliphatic heterocycles. The summed E-state index contributed by atoms with van der Waals surface area (Å²) in [5.41, 5.74) is 2.69. The first-order chi connectivity index (χ1) is 14.5. The quantitative estimate of drug-likeness (QED) is 0.355. The van der Waals surface area contributed by atoms with E-state index in [4.69, 9.17) is 24.5 Å². The number of carboxylic acids is 2. The molecule has 1 aromatic carbocycles. The summed E-state index contributed by atoms with van der Waals surface area (Å²) in [6.45, 7) is 2.77. The van der Waals surface area contributed by atoms with Gasteiger partial charge in [-0.1, -0.05) is 24.3 Å². The van der Waals surface area contributed by atoms with Crippen molar-refractivity contribution in [2.75, 3.05) is 19.7 Å². The number of nitrogens with one attached hydrogen (secondary N) is 1. The van der Waals surface area contributed by atoms with Gasteiger partial charge < -0.3 is 29.9 Å². The maximum atomic E-state index is 10.1. The second-order valence-electron chi connectivity index (χ2n) is 7.04. The SMILES string of the molecule is O=C(O)C(=O)O.OC(CNCCCn1ccnc1)COC1CCCc2ccccc21. The summed E-state index contributed by atoms with van der Waals surface area (Å²) in [4.78, 5) is 22.2. The molecule has 2 atom stereocenters. The molecule has 2 unspecified atom stereocenters. The molecule has 0 bridgehead atoms. The number of benzene rings is 1. The number of imidazole rings is 1. The molecule has 1 aromatic heterocycles. The second-order valence-corrected chi connectivity index (χ2v) is 7.04. The van der Waals surface area contributed by atoms with Crippen molar-refractivity contribution < 1.29 is 29.6 Å². The normalized spacial score (nSPS) is 16.1. The van der Waals surface area contributed by atoms with Gasteiger partial charge in [-0.05, 0) is 43.4 Å². The van der Waals surface area contributed by atoms with Crippen LogP contribution in [0.15, 0.2) is 43.0 Å². The first-order valence-electron chi connectivity index (χ1n) is 9.97. The van der Waals surface area contributed by atoms with Crippen LogP contribution in [0, 0.1) is 0 Å². The van der Waals surface area contributed by atoms with Crippen LogP contribution in [-0.4, -0.2) is 62.6 Å². The number of carboxylic acid groups (broad SMARTS) is 2. The van der Waals surface area contributed by atoms with Crippen molar-refractivity contribution in [3.63, 3.8) is 0 Å². The Bertz CT molecular complexity index is 769. The number of aliphatic hydroxyl groups is 1. The number of carbonyl (C=O) groups is 2. The Labute approximate surface area is 175 Å². The fourth-order valence-electron chi connectivity index (χ4n) is 3.24. The van der Waals surface area contributed by atoms with Gasteiger partial charge in [-0.25, -0.2) is 14.6 Å². The highest BCUT2D eigenvalue weighted by Gasteiger charge is 2.21. The first kappa shape index (κ1) is 23.5. The van der Waals surface area contributed by atoms with E-state index >= 15 is 0 Å². The molecule has 4 N–H and O–H groups in total. The molecule has 164 valence electrons. The molecular formula is C21H29N3O6. The van der Waals surface area contributed by atoms with Gasteiger partial charge in [0.1, 0.15) is 0 Å². The van der Waals surface area contributed by atoms with Crippen LogP contribution in [0.4, 0.5) is 0 Å². The predicted molar refractivity (Wildman–Crippen MR) is 109 cm³/mol. The van der Waals surface area contributed by atoms with Crippen molar-refractivity contribution in [3.05, 3.63) is 54.1 Å². The summed E-state index contributed by atoms with van der Waals surface area (Å²) in [5, 5.41) is 28.2. The molecule has 2 aromatic rings. The third kappa shape index (κ3) is 8.32. The second kappa shape index (κ2) is 12.7. The van der Waals surface area contributed by atoms with E-state index in [-0.39, 0.29) is 6.10 Å². The van der Waals surface area contributed by atoms with Crippen molar-refractivity contribution in [1.29, 1.82) is 0 Å². The minimum absolute atomic E-state index is 0.130. The van der Waals surface area contributed by atoms with Crippen LogP contribution in [0.25, 0.3) is 0 Å². The zero-order valence-corrected chi connectivity index (χ0v) is 16.8. The standard InChI is InChI=1S/C19H27N3O2.C2H2O4/c23-17(13-20-9-4-11-22-12-10-21-15-22)14-24-19-8-3-6-16-5-1-2-7-18(16)19;3-1(4)2(5)6/h1-2,5,7,10,12,15,17,19-20,23H,3-4,6,8-9,11,13-14H2;(H,3,4)(H,5,6). The third-order valence-corrected chi connectivity index (χ3v) is 4.70. The van der Waals surface area contributed by atoms with E-state index in [1.54, 1.807) is 6.20 Å². The summed E-state index contributed by atoms with van der Waals surface area (Å²) in [7, 11) is 0. The number of aromatic nitrogens is 2. The number of nitrogens with zero attached hydrogens (tertiary/aromatic N) is 2. The molecule has 0 saturated heterocycles. The molecule has 30 heavy (non-hydrogen) atoms. The molecule has 0 radical (unpaired) electrons. The van der Waals surface area contributed by atoms with Crippen molar-refractivity contribution in [1.82, 2.24) is 14.9 Å². The molecule has 1 aliphatic carbocycles. The van der Waals surface area contributed by atoms with Crippen molar-refractivity contribution in [2.24, 2.45) is 0 Å². The number of rotatable bonds is 9. The summed E-state index contributed by atoms with van der Waals surface area (Å²) in [6, 6.07) is 8.49. The fraction of sp³-hybridized carbons (Fsp3) is 0.476.